The lowest BCUT2D eigenvalue weighted by Crippen LogP contribution is -2.31. The zero-order valence-corrected chi connectivity index (χ0v) is 14.3. The predicted molar refractivity (Wildman–Crippen MR) is 96.6 cm³/mol. The van der Waals surface area contributed by atoms with Crippen molar-refractivity contribution in [1.29, 1.82) is 0 Å². The van der Waals surface area contributed by atoms with Crippen LogP contribution in [0.3, 0.4) is 0 Å². The van der Waals surface area contributed by atoms with Gasteiger partial charge in [-0.1, -0.05) is 12.1 Å². The number of aromatic nitrogens is 2. The molecule has 0 aliphatic carbocycles. The van der Waals surface area contributed by atoms with Crippen LogP contribution < -0.4 is 10.2 Å². The SMILES string of the molecule is CCN(C(=O)c1ccc(NCc2ccco2)nn1)c1cccc(C)c1. The highest BCUT2D eigenvalue weighted by Crippen LogP contribution is 2.18. The summed E-state index contributed by atoms with van der Waals surface area (Å²) in [5.41, 5.74) is 2.27. The van der Waals surface area contributed by atoms with Crippen molar-refractivity contribution in [2.75, 3.05) is 16.8 Å². The number of nitrogens with one attached hydrogen (secondary N) is 1. The topological polar surface area (TPSA) is 71.3 Å². The molecule has 6 heteroatoms. The molecule has 0 saturated heterocycles. The molecule has 0 aliphatic heterocycles. The number of furan rings is 1. The highest BCUT2D eigenvalue weighted by atomic mass is 16.3. The zero-order valence-electron chi connectivity index (χ0n) is 14.3. The maximum Gasteiger partial charge on any atom is 0.278 e. The van der Waals surface area contributed by atoms with Gasteiger partial charge in [0, 0.05) is 12.2 Å². The minimum atomic E-state index is -0.168. The van der Waals surface area contributed by atoms with E-state index in [0.29, 0.717) is 24.6 Å². The van der Waals surface area contributed by atoms with E-state index in [4.69, 9.17) is 4.42 Å². The van der Waals surface area contributed by atoms with Crippen LogP contribution in [0.2, 0.25) is 0 Å². The highest BCUT2D eigenvalue weighted by molar-refractivity contribution is 6.04. The van der Waals surface area contributed by atoms with Crippen molar-refractivity contribution in [3.63, 3.8) is 0 Å². The number of benzene rings is 1. The molecule has 25 heavy (non-hydrogen) atoms. The van der Waals surface area contributed by atoms with Gasteiger partial charge in [-0.3, -0.25) is 4.79 Å². The molecule has 128 valence electrons. The Hall–Kier alpha value is -3.15. The Balaban J connectivity index is 1.70. The fourth-order valence-corrected chi connectivity index (χ4v) is 2.51. The van der Waals surface area contributed by atoms with E-state index in [1.54, 1.807) is 23.3 Å². The highest BCUT2D eigenvalue weighted by Gasteiger charge is 2.18. The summed E-state index contributed by atoms with van der Waals surface area (Å²) in [5.74, 6) is 1.23. The van der Waals surface area contributed by atoms with Gasteiger partial charge in [0.15, 0.2) is 5.69 Å². The van der Waals surface area contributed by atoms with Crippen molar-refractivity contribution in [2.24, 2.45) is 0 Å². The number of amides is 1. The minimum absolute atomic E-state index is 0.168. The number of aryl methyl sites for hydroxylation is 1. The molecule has 0 atom stereocenters. The van der Waals surface area contributed by atoms with Crippen LogP contribution in [0.25, 0.3) is 0 Å². The molecule has 0 bridgehead atoms. The molecule has 0 aliphatic rings. The lowest BCUT2D eigenvalue weighted by Gasteiger charge is -2.20. The Morgan fingerprint density at radius 3 is 2.68 bits per heavy atom. The molecule has 0 spiro atoms. The van der Waals surface area contributed by atoms with E-state index in [1.807, 2.05) is 50.2 Å². The molecule has 3 aromatic rings. The maximum absolute atomic E-state index is 12.7. The smallest absolute Gasteiger partial charge is 0.278 e. The minimum Gasteiger partial charge on any atom is -0.467 e. The molecule has 6 nitrogen and oxygen atoms in total. The van der Waals surface area contributed by atoms with Crippen molar-refractivity contribution in [1.82, 2.24) is 10.2 Å². The molecule has 0 saturated carbocycles. The Morgan fingerprint density at radius 2 is 2.04 bits per heavy atom. The Labute approximate surface area is 146 Å². The van der Waals surface area contributed by atoms with E-state index in [9.17, 15) is 4.79 Å². The van der Waals surface area contributed by atoms with Crippen LogP contribution in [0, 0.1) is 6.92 Å². The van der Waals surface area contributed by atoms with Gasteiger partial charge in [-0.05, 0) is 55.8 Å². The van der Waals surface area contributed by atoms with Crippen molar-refractivity contribution < 1.29 is 9.21 Å². The monoisotopic (exact) mass is 336 g/mol. The maximum atomic E-state index is 12.7. The average Bonchev–Trinajstić information content (AvgIpc) is 3.15. The molecule has 2 aromatic heterocycles. The number of carbonyl (C=O) groups is 1. The Morgan fingerprint density at radius 1 is 1.16 bits per heavy atom. The fraction of sp³-hybridized carbons (Fsp3) is 0.211. The van der Waals surface area contributed by atoms with Crippen molar-refractivity contribution in [3.8, 4) is 0 Å². The normalized spacial score (nSPS) is 10.5. The number of rotatable bonds is 6. The standard InChI is InChI=1S/C19H20N4O2/c1-3-23(15-7-4-6-14(2)12-15)19(24)17-9-10-18(22-21-17)20-13-16-8-5-11-25-16/h4-12H,3,13H2,1-2H3,(H,20,22). The summed E-state index contributed by atoms with van der Waals surface area (Å²) in [4.78, 5) is 14.4. The summed E-state index contributed by atoms with van der Waals surface area (Å²) in [6.45, 7) is 5.01. The Kier molecular flexibility index (Phi) is 5.09. The van der Waals surface area contributed by atoms with Crippen LogP contribution >= 0.6 is 0 Å². The molecule has 1 amide bonds. The van der Waals surface area contributed by atoms with Gasteiger partial charge in [-0.15, -0.1) is 10.2 Å². The van der Waals surface area contributed by atoms with Crippen LogP contribution in [0.15, 0.2) is 59.2 Å². The fourth-order valence-electron chi connectivity index (χ4n) is 2.51. The first-order valence-corrected chi connectivity index (χ1v) is 8.16. The van der Waals surface area contributed by atoms with Crippen molar-refractivity contribution >= 4 is 17.4 Å². The molecule has 1 N–H and O–H groups in total. The van der Waals surface area contributed by atoms with Gasteiger partial charge in [0.25, 0.3) is 5.91 Å². The van der Waals surface area contributed by atoms with Crippen LogP contribution in [0.4, 0.5) is 11.5 Å². The van der Waals surface area contributed by atoms with E-state index >= 15 is 0 Å². The van der Waals surface area contributed by atoms with Crippen LogP contribution in [0.1, 0.15) is 28.7 Å². The molecule has 2 heterocycles. The van der Waals surface area contributed by atoms with Crippen LogP contribution in [-0.2, 0) is 6.54 Å². The number of nitrogens with zero attached hydrogens (tertiary/aromatic N) is 3. The van der Waals surface area contributed by atoms with Gasteiger partial charge in [0.05, 0.1) is 12.8 Å². The lowest BCUT2D eigenvalue weighted by molar-refractivity contribution is 0.0982. The summed E-state index contributed by atoms with van der Waals surface area (Å²) in [6, 6.07) is 15.0. The largest absolute Gasteiger partial charge is 0.467 e. The second kappa shape index (κ2) is 7.61. The third-order valence-corrected chi connectivity index (χ3v) is 3.78. The Bertz CT molecular complexity index is 829. The van der Waals surface area contributed by atoms with Gasteiger partial charge >= 0.3 is 0 Å². The van der Waals surface area contributed by atoms with Gasteiger partial charge in [-0.25, -0.2) is 0 Å². The summed E-state index contributed by atoms with van der Waals surface area (Å²) in [6.07, 6.45) is 1.62. The quantitative estimate of drug-likeness (QED) is 0.744. The van der Waals surface area contributed by atoms with Crippen LogP contribution in [0.5, 0.6) is 0 Å². The third-order valence-electron chi connectivity index (χ3n) is 3.78. The molecular weight excluding hydrogens is 316 g/mol. The summed E-state index contributed by atoms with van der Waals surface area (Å²) in [7, 11) is 0. The van der Waals surface area contributed by atoms with E-state index in [1.165, 1.54) is 0 Å². The first-order valence-electron chi connectivity index (χ1n) is 8.16. The molecule has 0 radical (unpaired) electrons. The molecule has 3 rings (SSSR count). The van der Waals surface area contributed by atoms with Crippen molar-refractivity contribution in [2.45, 2.75) is 20.4 Å². The van der Waals surface area contributed by atoms with E-state index in [2.05, 4.69) is 15.5 Å². The van der Waals surface area contributed by atoms with E-state index in [-0.39, 0.29) is 5.91 Å². The lowest BCUT2D eigenvalue weighted by atomic mass is 10.2. The number of anilines is 2. The van der Waals surface area contributed by atoms with Crippen LogP contribution in [-0.4, -0.2) is 22.6 Å². The molecule has 0 fully saturated rings. The second-order valence-corrected chi connectivity index (χ2v) is 5.63. The summed E-state index contributed by atoms with van der Waals surface area (Å²) in [5, 5.41) is 11.2. The first kappa shape index (κ1) is 16.7. The van der Waals surface area contributed by atoms with E-state index < -0.39 is 0 Å². The average molecular weight is 336 g/mol. The molecule has 1 aromatic carbocycles. The van der Waals surface area contributed by atoms with Gasteiger partial charge in [0.2, 0.25) is 0 Å². The summed E-state index contributed by atoms with van der Waals surface area (Å²) < 4.78 is 5.25. The van der Waals surface area contributed by atoms with Gasteiger partial charge in [0.1, 0.15) is 11.6 Å². The second-order valence-electron chi connectivity index (χ2n) is 5.63. The third kappa shape index (κ3) is 4.03. The van der Waals surface area contributed by atoms with Gasteiger partial charge < -0.3 is 14.6 Å². The molecular formula is C19H20N4O2. The zero-order chi connectivity index (χ0) is 17.6. The van der Waals surface area contributed by atoms with Crippen molar-refractivity contribution in [3.05, 3.63) is 71.8 Å². The first-order chi connectivity index (χ1) is 12.2. The van der Waals surface area contributed by atoms with Gasteiger partial charge in [-0.2, -0.15) is 0 Å². The summed E-state index contributed by atoms with van der Waals surface area (Å²) >= 11 is 0. The number of hydrogen-bond acceptors (Lipinski definition) is 5. The van der Waals surface area contributed by atoms with E-state index in [0.717, 1.165) is 17.0 Å². The number of hydrogen-bond donors (Lipinski definition) is 1. The predicted octanol–water partition coefficient (Wildman–Crippen LogP) is 3.66. The number of carbonyl (C=O) groups excluding carboxylic acids is 1. The molecule has 0 unspecified atom stereocenters.